The predicted molar refractivity (Wildman–Crippen MR) is 217 cm³/mol. The summed E-state index contributed by atoms with van der Waals surface area (Å²) >= 11 is -3.10. The monoisotopic (exact) mass is 764 g/mol. The van der Waals surface area contributed by atoms with Gasteiger partial charge in [0, 0.05) is 0 Å². The second-order valence-electron chi connectivity index (χ2n) is 18.9. The first kappa shape index (κ1) is 44.3. The Morgan fingerprint density at radius 3 is 1.32 bits per heavy atom. The van der Waals surface area contributed by atoms with E-state index in [1.807, 2.05) is 0 Å². The SMILES string of the molecule is [C-]P(/C(C(=O)OC)=[C](/C(=O)OC)[Ge]([c]1c(C(C)C)cc(C(C)C)cc1C(C)C)[C](C)(C)C)c1c(C(C)(C)C)cc(C(C)(C)C)cc1C(C)(C)C. The van der Waals surface area contributed by atoms with E-state index in [0.29, 0.717) is 10.3 Å². The van der Waals surface area contributed by atoms with Gasteiger partial charge in [0.25, 0.3) is 0 Å². The fourth-order valence-electron chi connectivity index (χ4n) is 6.50. The van der Waals surface area contributed by atoms with Gasteiger partial charge in [0.2, 0.25) is 0 Å². The number of hydrogen-bond donors (Lipinski definition) is 0. The zero-order chi connectivity index (χ0) is 39.1. The van der Waals surface area contributed by atoms with Crippen molar-refractivity contribution in [1.82, 2.24) is 0 Å². The van der Waals surface area contributed by atoms with Crippen LogP contribution in [0.1, 0.15) is 176 Å². The van der Waals surface area contributed by atoms with Gasteiger partial charge in [0.1, 0.15) is 0 Å². The molecule has 0 saturated heterocycles. The van der Waals surface area contributed by atoms with Crippen LogP contribution in [0.25, 0.3) is 0 Å². The van der Waals surface area contributed by atoms with Crippen molar-refractivity contribution in [2.45, 2.75) is 163 Å². The number of rotatable bonds is 9. The minimum atomic E-state index is -3.10. The third-order valence-electron chi connectivity index (χ3n) is 9.43. The molecule has 3 radical (unpaired) electrons. The third-order valence-corrected chi connectivity index (χ3v) is 19.1. The number of benzene rings is 2. The number of carbonyl (C=O) groups is 2. The van der Waals surface area contributed by atoms with E-state index in [-0.39, 0.29) is 37.6 Å². The summed E-state index contributed by atoms with van der Waals surface area (Å²) in [6.07, 6.45) is 0. The Kier molecular flexibility index (Phi) is 14.2. The van der Waals surface area contributed by atoms with E-state index in [2.05, 4.69) is 149 Å². The van der Waals surface area contributed by atoms with E-state index in [9.17, 15) is 16.3 Å². The van der Waals surface area contributed by atoms with Crippen LogP contribution in [-0.2, 0) is 35.3 Å². The normalized spacial score (nSPS) is 14.4. The Hall–Kier alpha value is -1.91. The van der Waals surface area contributed by atoms with Gasteiger partial charge in [-0.25, -0.2) is 0 Å². The Morgan fingerprint density at radius 2 is 1.04 bits per heavy atom. The van der Waals surface area contributed by atoms with Gasteiger partial charge in [-0.2, -0.15) is 0 Å². The number of methoxy groups -OCH3 is 2. The summed E-state index contributed by atoms with van der Waals surface area (Å²) in [5.74, 6) is -0.421. The number of ether oxygens (including phenoxy) is 2. The van der Waals surface area contributed by atoms with Gasteiger partial charge in [-0.05, 0) is 0 Å². The van der Waals surface area contributed by atoms with Crippen LogP contribution in [0, 0.1) is 6.66 Å². The zero-order valence-electron chi connectivity index (χ0n) is 35.1. The quantitative estimate of drug-likeness (QED) is 0.0839. The Morgan fingerprint density at radius 1 is 0.640 bits per heavy atom. The van der Waals surface area contributed by atoms with E-state index >= 15 is 0 Å². The summed E-state index contributed by atoms with van der Waals surface area (Å²) in [7, 11) is 0.645. The van der Waals surface area contributed by atoms with Crippen LogP contribution in [0.3, 0.4) is 0 Å². The van der Waals surface area contributed by atoms with Crippen molar-refractivity contribution in [1.29, 1.82) is 0 Å². The maximum absolute atomic E-state index is 14.5. The molecule has 0 bridgehead atoms. The van der Waals surface area contributed by atoms with Crippen molar-refractivity contribution < 1.29 is 19.1 Å². The second kappa shape index (κ2) is 16.0. The van der Waals surface area contributed by atoms with E-state index in [1.165, 1.54) is 40.9 Å². The van der Waals surface area contributed by atoms with Gasteiger partial charge < -0.3 is 0 Å². The zero-order valence-corrected chi connectivity index (χ0v) is 38.1. The summed E-state index contributed by atoms with van der Waals surface area (Å²) in [6.45, 7) is 49.9. The van der Waals surface area contributed by atoms with Crippen molar-refractivity contribution in [3.63, 3.8) is 0 Å². The maximum atomic E-state index is 14.5. The van der Waals surface area contributed by atoms with Crippen LogP contribution in [-0.4, -0.2) is 40.5 Å². The van der Waals surface area contributed by atoms with Gasteiger partial charge in [-0.15, -0.1) is 0 Å². The number of esters is 2. The van der Waals surface area contributed by atoms with E-state index in [0.717, 1.165) is 16.4 Å². The minimum absolute atomic E-state index is 0.129. The molecule has 0 amide bonds. The molecule has 0 aliphatic carbocycles. The molecule has 1 unspecified atom stereocenters. The van der Waals surface area contributed by atoms with Crippen LogP contribution in [0.4, 0.5) is 0 Å². The van der Waals surface area contributed by atoms with Gasteiger partial charge >= 0.3 is 314 Å². The predicted octanol–water partition coefficient (Wildman–Crippen LogP) is 10.9. The third kappa shape index (κ3) is 9.74. The second-order valence-corrected chi connectivity index (χ2v) is 27.3. The van der Waals surface area contributed by atoms with Crippen LogP contribution in [0.5, 0.6) is 0 Å². The summed E-state index contributed by atoms with van der Waals surface area (Å²) in [4.78, 5) is 29.0. The fourth-order valence-corrected chi connectivity index (χ4v) is 17.6. The summed E-state index contributed by atoms with van der Waals surface area (Å²) in [6, 6.07) is 9.12. The Bertz CT molecular complexity index is 1520. The molecule has 0 N–H and O–H groups in total. The molecule has 0 fully saturated rings. The van der Waals surface area contributed by atoms with Crippen LogP contribution >= 0.6 is 7.92 Å². The number of hydrogen-bond acceptors (Lipinski definition) is 4. The average molecular weight is 764 g/mol. The summed E-state index contributed by atoms with van der Waals surface area (Å²) in [5.41, 5.74) is 6.18. The molecule has 0 saturated carbocycles. The molecule has 1 atom stereocenters. The molecule has 277 valence electrons. The first-order valence-corrected chi connectivity index (χ1v) is 22.7. The average Bonchev–Trinajstić information content (AvgIpc) is 2.96. The molecular formula is C44H67GeO4P-. The summed E-state index contributed by atoms with van der Waals surface area (Å²) in [5, 5.41) is 1.01. The standard InChI is InChI=1S/C44H67GeO4P/c1-26(2)29-22-31(27(3)4)35(32(23-29)28(5)6)45(44(16,17)18)36(39(46)48-19)38(40(47)49-20)50(21)37-33(42(10,11)12)24-30(41(7,8)9)25-34(37)43(13,14)15/h22-28H,1-20H3/q-1/b38-36-. The van der Waals surface area contributed by atoms with E-state index < -0.39 is 34.2 Å². The van der Waals surface area contributed by atoms with Gasteiger partial charge in [0.05, 0.1) is 0 Å². The van der Waals surface area contributed by atoms with Crippen LogP contribution in [0.15, 0.2) is 34.0 Å². The van der Waals surface area contributed by atoms with Crippen molar-refractivity contribution in [2.75, 3.05) is 14.2 Å². The number of carbonyl (C=O) groups excluding carboxylic acids is 2. The van der Waals surface area contributed by atoms with Crippen molar-refractivity contribution in [2.24, 2.45) is 0 Å². The molecule has 50 heavy (non-hydrogen) atoms. The molecule has 0 aliphatic rings. The molecule has 6 heteroatoms. The molecule has 2 aromatic carbocycles. The summed E-state index contributed by atoms with van der Waals surface area (Å²) < 4.78 is 12.5. The Balaban J connectivity index is 3.47. The van der Waals surface area contributed by atoms with Crippen molar-refractivity contribution >= 4 is 43.9 Å². The molecule has 0 aliphatic heterocycles. The molecule has 0 aromatic heterocycles. The van der Waals surface area contributed by atoms with E-state index in [4.69, 9.17) is 9.47 Å². The van der Waals surface area contributed by atoms with Gasteiger partial charge in [-0.3, -0.25) is 0 Å². The topological polar surface area (TPSA) is 52.6 Å². The van der Waals surface area contributed by atoms with Crippen molar-refractivity contribution in [3.8, 4) is 0 Å². The van der Waals surface area contributed by atoms with Crippen LogP contribution in [0.2, 0.25) is 4.25 Å². The van der Waals surface area contributed by atoms with Crippen LogP contribution < -0.4 is 9.70 Å². The van der Waals surface area contributed by atoms with Crippen molar-refractivity contribution in [3.05, 3.63) is 74.0 Å². The first-order valence-electron chi connectivity index (χ1n) is 18.2. The van der Waals surface area contributed by atoms with Gasteiger partial charge in [-0.1, -0.05) is 0 Å². The van der Waals surface area contributed by atoms with E-state index in [1.54, 1.807) is 0 Å². The fraction of sp³-hybridized carbons (Fsp3) is 0.614. The molecule has 0 heterocycles. The molecule has 2 rings (SSSR count). The molecule has 0 spiro atoms. The first-order chi connectivity index (χ1) is 22.5. The van der Waals surface area contributed by atoms with Gasteiger partial charge in [0.15, 0.2) is 0 Å². The molecule has 4 nitrogen and oxygen atoms in total. The molecular weight excluding hydrogens is 696 g/mol. The molecule has 2 aromatic rings. The Labute approximate surface area is 312 Å².